The molecule has 1 unspecified atom stereocenters. The highest BCUT2D eigenvalue weighted by atomic mass is 79.9. The summed E-state index contributed by atoms with van der Waals surface area (Å²) in [6.07, 6.45) is 1.72. The van der Waals surface area contributed by atoms with E-state index in [1.165, 1.54) is 4.57 Å². The average Bonchev–Trinajstić information content (AvgIpc) is 2.21. The van der Waals surface area contributed by atoms with Crippen molar-refractivity contribution >= 4 is 27.3 Å². The summed E-state index contributed by atoms with van der Waals surface area (Å²) in [5.74, 6) is 0. The first kappa shape index (κ1) is 15.8. The van der Waals surface area contributed by atoms with Gasteiger partial charge < -0.3 is 9.12 Å². The molecule has 6 heteroatoms. The molecule has 1 heterocycles. The Balaban J connectivity index is 2.95. The Kier molecular flexibility index (Phi) is 5.05. The molecule has 4 nitrogen and oxygen atoms in total. The maximum atomic E-state index is 12.0. The summed E-state index contributed by atoms with van der Waals surface area (Å²) in [5, 5.41) is 0. The lowest BCUT2D eigenvalue weighted by molar-refractivity contribution is 0.530. The van der Waals surface area contributed by atoms with Crippen molar-refractivity contribution in [2.45, 2.75) is 38.5 Å². The van der Waals surface area contributed by atoms with Crippen molar-refractivity contribution in [3.63, 3.8) is 0 Å². The van der Waals surface area contributed by atoms with Crippen LogP contribution in [0.15, 0.2) is 21.5 Å². The number of nitrogens with zero attached hydrogens (tertiary/aromatic N) is 1. The molecule has 102 valence electrons. The molecular weight excluding hydrogens is 316 g/mol. The van der Waals surface area contributed by atoms with Gasteiger partial charge in [-0.05, 0) is 49.2 Å². The van der Waals surface area contributed by atoms with Crippen LogP contribution in [-0.4, -0.2) is 13.9 Å². The van der Waals surface area contributed by atoms with Gasteiger partial charge in [0.1, 0.15) is 4.75 Å². The molecule has 0 radical (unpaired) electrons. The average molecular weight is 335 g/mol. The van der Waals surface area contributed by atoms with Gasteiger partial charge in [-0.2, -0.15) is 0 Å². The van der Waals surface area contributed by atoms with Gasteiger partial charge in [0.05, 0.1) is 6.04 Å². The van der Waals surface area contributed by atoms with E-state index in [0.29, 0.717) is 0 Å². The number of aryl methyl sites for hydroxylation is 1. The Morgan fingerprint density at radius 2 is 2.06 bits per heavy atom. The number of pyridine rings is 1. The number of hydrogen-bond acceptors (Lipinski definition) is 3. The van der Waals surface area contributed by atoms with Crippen LogP contribution in [0.3, 0.4) is 0 Å². The van der Waals surface area contributed by atoms with Gasteiger partial charge in [-0.15, -0.1) is 4.72 Å². The molecule has 1 N–H and O–H groups in total. The van der Waals surface area contributed by atoms with E-state index in [0.717, 1.165) is 10.0 Å². The Morgan fingerprint density at radius 1 is 1.50 bits per heavy atom. The molecule has 2 atom stereocenters. The highest BCUT2D eigenvalue weighted by molar-refractivity contribution is 9.10. The first-order valence-corrected chi connectivity index (χ1v) is 7.61. The van der Waals surface area contributed by atoms with Crippen molar-refractivity contribution in [2.24, 2.45) is 7.05 Å². The van der Waals surface area contributed by atoms with E-state index in [9.17, 15) is 9.35 Å². The number of hydrogen-bond donors (Lipinski definition) is 1. The zero-order valence-corrected chi connectivity index (χ0v) is 13.7. The molecule has 0 saturated carbocycles. The molecule has 0 aliphatic carbocycles. The molecule has 0 fully saturated rings. The van der Waals surface area contributed by atoms with Crippen LogP contribution in [0.4, 0.5) is 0 Å². The Bertz CT molecular complexity index is 482. The molecule has 0 aromatic carbocycles. The van der Waals surface area contributed by atoms with Crippen LogP contribution in [0.1, 0.15) is 39.3 Å². The topological polar surface area (TPSA) is 57.1 Å². The zero-order valence-electron chi connectivity index (χ0n) is 11.3. The number of rotatable bonds is 3. The van der Waals surface area contributed by atoms with E-state index in [1.807, 2.05) is 27.7 Å². The van der Waals surface area contributed by atoms with E-state index >= 15 is 0 Å². The molecule has 1 aromatic heterocycles. The second-order valence-corrected chi connectivity index (χ2v) is 8.10. The maximum absolute atomic E-state index is 12.0. The fourth-order valence-corrected chi connectivity index (χ4v) is 2.91. The van der Waals surface area contributed by atoms with Crippen LogP contribution in [0, 0.1) is 0 Å². The lowest BCUT2D eigenvalue weighted by Gasteiger charge is -2.26. The summed E-state index contributed by atoms with van der Waals surface area (Å²) >= 11 is 2.26. The highest BCUT2D eigenvalue weighted by Crippen LogP contribution is 2.24. The molecule has 0 aliphatic rings. The second kappa shape index (κ2) is 5.77. The minimum absolute atomic E-state index is 0.0802. The summed E-state index contributed by atoms with van der Waals surface area (Å²) in [6, 6.07) is 1.40. The SMILES string of the molecule is C[C@H](N[S+]([O-])C(C)(C)C)c1cc(=O)n(C)cc1Br. The molecule has 1 rings (SSSR count). The molecule has 18 heavy (non-hydrogen) atoms. The molecule has 1 aromatic rings. The maximum Gasteiger partial charge on any atom is 0.250 e. The van der Waals surface area contributed by atoms with Gasteiger partial charge in [0.25, 0.3) is 5.56 Å². The first-order valence-electron chi connectivity index (χ1n) is 5.67. The first-order chi connectivity index (χ1) is 8.12. The van der Waals surface area contributed by atoms with Crippen molar-refractivity contribution in [3.8, 4) is 0 Å². The number of nitrogens with one attached hydrogen (secondary N) is 1. The molecule has 0 saturated heterocycles. The van der Waals surface area contributed by atoms with Crippen LogP contribution in [0.5, 0.6) is 0 Å². The van der Waals surface area contributed by atoms with Crippen LogP contribution in [0.25, 0.3) is 0 Å². The highest BCUT2D eigenvalue weighted by Gasteiger charge is 2.28. The van der Waals surface area contributed by atoms with E-state index in [-0.39, 0.29) is 16.3 Å². The van der Waals surface area contributed by atoms with Gasteiger partial charge in [-0.25, -0.2) is 0 Å². The number of halogens is 1. The Morgan fingerprint density at radius 3 is 2.56 bits per heavy atom. The van der Waals surface area contributed by atoms with Gasteiger partial charge in [0, 0.05) is 35.1 Å². The van der Waals surface area contributed by atoms with Crippen molar-refractivity contribution < 1.29 is 4.55 Å². The smallest absolute Gasteiger partial charge is 0.250 e. The second-order valence-electron chi connectivity index (χ2n) is 5.25. The Labute approximate surface area is 119 Å². The summed E-state index contributed by atoms with van der Waals surface area (Å²) in [7, 11) is 1.70. The minimum atomic E-state index is -1.17. The summed E-state index contributed by atoms with van der Waals surface area (Å²) in [5.41, 5.74) is 0.735. The van der Waals surface area contributed by atoms with Crippen LogP contribution in [0.2, 0.25) is 0 Å². The standard InChI is InChI=1S/C12H19BrN2O2S/c1-8(14-18(17)12(2,3)4)9-6-11(16)15(5)7-10(9)13/h6-8,14H,1-5H3/t8-,18?/m0/s1. The third-order valence-electron chi connectivity index (χ3n) is 2.52. The third kappa shape index (κ3) is 3.85. The van der Waals surface area contributed by atoms with Gasteiger partial charge in [0.2, 0.25) is 0 Å². The largest absolute Gasteiger partial charge is 0.598 e. The monoisotopic (exact) mass is 334 g/mol. The fourth-order valence-electron chi connectivity index (χ4n) is 1.34. The molecule has 0 amide bonds. The van der Waals surface area contributed by atoms with Crippen molar-refractivity contribution in [3.05, 3.63) is 32.7 Å². The van der Waals surface area contributed by atoms with E-state index in [4.69, 9.17) is 0 Å². The van der Waals surface area contributed by atoms with Crippen molar-refractivity contribution in [1.82, 2.24) is 9.29 Å². The van der Waals surface area contributed by atoms with Crippen LogP contribution < -0.4 is 10.3 Å². The van der Waals surface area contributed by atoms with Crippen LogP contribution >= 0.6 is 15.9 Å². The van der Waals surface area contributed by atoms with E-state index < -0.39 is 11.4 Å². The van der Waals surface area contributed by atoms with Gasteiger partial charge in [0.15, 0.2) is 0 Å². The van der Waals surface area contributed by atoms with Crippen molar-refractivity contribution in [1.29, 1.82) is 0 Å². The van der Waals surface area contributed by atoms with E-state index in [2.05, 4.69) is 20.7 Å². The van der Waals surface area contributed by atoms with Crippen molar-refractivity contribution in [2.75, 3.05) is 0 Å². The minimum Gasteiger partial charge on any atom is -0.598 e. The summed E-state index contributed by atoms with van der Waals surface area (Å²) in [6.45, 7) is 7.61. The van der Waals surface area contributed by atoms with Gasteiger partial charge in [-0.1, -0.05) is 0 Å². The van der Waals surface area contributed by atoms with Gasteiger partial charge in [-0.3, -0.25) is 4.79 Å². The lowest BCUT2D eigenvalue weighted by Crippen LogP contribution is -2.40. The normalized spacial score (nSPS) is 15.5. The Hall–Kier alpha value is -0.300. The van der Waals surface area contributed by atoms with Crippen LogP contribution in [-0.2, 0) is 18.4 Å². The molecule has 0 spiro atoms. The quantitative estimate of drug-likeness (QED) is 0.862. The molecule has 0 aliphatic heterocycles. The predicted octanol–water partition coefficient (Wildman–Crippen LogP) is 2.26. The third-order valence-corrected chi connectivity index (χ3v) is 4.86. The summed E-state index contributed by atoms with van der Waals surface area (Å²) < 4.78 is 17.0. The predicted molar refractivity (Wildman–Crippen MR) is 78.8 cm³/mol. The lowest BCUT2D eigenvalue weighted by atomic mass is 10.1. The number of aromatic nitrogens is 1. The molecular formula is C12H19BrN2O2S. The summed E-state index contributed by atoms with van der Waals surface area (Å²) in [4.78, 5) is 11.6. The zero-order chi connectivity index (χ0) is 14.1. The van der Waals surface area contributed by atoms with Gasteiger partial charge >= 0.3 is 0 Å². The fraction of sp³-hybridized carbons (Fsp3) is 0.583. The molecule has 0 bridgehead atoms. The van der Waals surface area contributed by atoms with E-state index in [1.54, 1.807) is 19.3 Å².